The van der Waals surface area contributed by atoms with Gasteiger partial charge in [-0.1, -0.05) is 178 Å². The van der Waals surface area contributed by atoms with Crippen molar-refractivity contribution >= 4 is 35.2 Å². The predicted molar refractivity (Wildman–Crippen MR) is 178 cm³/mol. The Morgan fingerprint density at radius 3 is 1.15 bits per heavy atom. The maximum absolute atomic E-state index is 3.94. The average Bonchev–Trinajstić information content (AvgIpc) is 3.04. The number of unbranched alkanes of at least 4 members (excludes halogenated alkanes) is 1. The standard InChI is InChI=1S/C22H24B.C15H14S/c1-2-3-19-23(20-13-7-4-8-14-20,21-15-9-5-10-16-21)22-17-11-6-12-18-22;1-2-15(16,13-9-5-3-6-10-13)14-11-7-4-8-12-14/h4-18H,2-3,19H2,1H3;2-12,16H,1H2/q-1;/p+1. The van der Waals surface area contributed by atoms with Gasteiger partial charge in [0, 0.05) is 11.1 Å². The molecule has 0 atom stereocenters. The number of hydrogen-bond acceptors (Lipinski definition) is 0. The minimum absolute atomic E-state index is 0.303. The molecule has 196 valence electrons. The van der Waals surface area contributed by atoms with Crippen LogP contribution in [0.5, 0.6) is 0 Å². The van der Waals surface area contributed by atoms with Crippen molar-refractivity contribution in [2.24, 2.45) is 0 Å². The third-order valence-corrected chi connectivity index (χ3v) is 8.64. The van der Waals surface area contributed by atoms with Gasteiger partial charge in [0.15, 0.2) is 4.75 Å². The van der Waals surface area contributed by atoms with Crippen LogP contribution in [0.25, 0.3) is 0 Å². The molecule has 5 rings (SSSR count). The van der Waals surface area contributed by atoms with Crippen LogP contribution in [-0.2, 0) is 17.4 Å². The fourth-order valence-corrected chi connectivity index (χ4v) is 6.07. The summed E-state index contributed by atoms with van der Waals surface area (Å²) >= 11 is 3.84. The van der Waals surface area contributed by atoms with E-state index in [-0.39, 0.29) is 4.75 Å². The highest BCUT2D eigenvalue weighted by Gasteiger charge is 2.32. The maximum atomic E-state index is 3.94. The van der Waals surface area contributed by atoms with E-state index >= 15 is 0 Å². The molecule has 0 bridgehead atoms. The van der Waals surface area contributed by atoms with Crippen molar-refractivity contribution < 1.29 is 0 Å². The van der Waals surface area contributed by atoms with Gasteiger partial charge in [0.2, 0.25) is 0 Å². The molecule has 0 heterocycles. The first-order valence-corrected chi connectivity index (χ1v) is 14.5. The van der Waals surface area contributed by atoms with Crippen LogP contribution in [0.2, 0.25) is 6.32 Å². The normalized spacial score (nSPS) is 11.2. The van der Waals surface area contributed by atoms with E-state index in [1.54, 1.807) is 0 Å². The quantitative estimate of drug-likeness (QED) is 0.109. The number of benzene rings is 5. The van der Waals surface area contributed by atoms with Crippen LogP contribution < -0.4 is 16.4 Å². The monoisotopic (exact) mass is 526 g/mol. The van der Waals surface area contributed by atoms with Gasteiger partial charge in [0.05, 0.1) is 6.15 Å². The zero-order chi connectivity index (χ0) is 27.4. The summed E-state index contributed by atoms with van der Waals surface area (Å²) in [6.07, 6.45) is 4.65. The van der Waals surface area contributed by atoms with Gasteiger partial charge >= 0.3 is 0 Å². The van der Waals surface area contributed by atoms with E-state index in [9.17, 15) is 0 Å². The fraction of sp³-hybridized carbons (Fsp3) is 0.135. The van der Waals surface area contributed by atoms with Gasteiger partial charge in [-0.3, -0.25) is 0 Å². The summed E-state index contributed by atoms with van der Waals surface area (Å²) < 4.78 is -0.303. The molecule has 0 amide bonds. The minimum Gasteiger partial charge on any atom is -0.200 e. The Hall–Kier alpha value is -3.75. The van der Waals surface area contributed by atoms with Gasteiger partial charge in [-0.25, -0.2) is 0 Å². The van der Waals surface area contributed by atoms with Gasteiger partial charge in [-0.05, 0) is 18.7 Å². The second-order valence-corrected chi connectivity index (χ2v) is 11.0. The maximum Gasteiger partial charge on any atom is 0.191 e. The molecular formula is C37H39BS. The van der Waals surface area contributed by atoms with E-state index in [1.807, 2.05) is 42.5 Å². The molecule has 2 heteroatoms. The van der Waals surface area contributed by atoms with Gasteiger partial charge in [-0.15, -0.1) is 0 Å². The zero-order valence-electron chi connectivity index (χ0n) is 22.9. The van der Waals surface area contributed by atoms with Crippen molar-refractivity contribution in [2.75, 3.05) is 0 Å². The summed E-state index contributed by atoms with van der Waals surface area (Å²) in [5.41, 5.74) is 6.70. The molecular weight excluding hydrogens is 487 g/mol. The van der Waals surface area contributed by atoms with E-state index in [0.717, 1.165) is 0 Å². The molecule has 0 aliphatic rings. The molecule has 0 saturated carbocycles. The lowest BCUT2D eigenvalue weighted by molar-refractivity contribution is 0.874. The molecule has 0 spiro atoms. The van der Waals surface area contributed by atoms with Crippen LogP contribution in [-0.4, -0.2) is 6.15 Å². The third-order valence-electron chi connectivity index (χ3n) is 7.86. The summed E-state index contributed by atoms with van der Waals surface area (Å²) in [6.45, 7) is 6.22. The molecule has 0 radical (unpaired) electrons. The zero-order valence-corrected chi connectivity index (χ0v) is 23.9. The lowest BCUT2D eigenvalue weighted by Crippen LogP contribution is -2.66. The Balaban J connectivity index is 0.000000193. The van der Waals surface area contributed by atoms with E-state index < -0.39 is 6.15 Å². The Kier molecular flexibility index (Phi) is 10.1. The first-order chi connectivity index (χ1) is 19.1. The van der Waals surface area contributed by atoms with E-state index in [0.29, 0.717) is 0 Å². The number of rotatable bonds is 9. The topological polar surface area (TPSA) is 0 Å². The van der Waals surface area contributed by atoms with Crippen molar-refractivity contribution in [3.63, 3.8) is 0 Å². The molecule has 5 aromatic rings. The highest BCUT2D eigenvalue weighted by Crippen LogP contribution is 2.31. The van der Waals surface area contributed by atoms with Crippen LogP contribution in [0.1, 0.15) is 30.9 Å². The Labute approximate surface area is 240 Å². The van der Waals surface area contributed by atoms with Crippen molar-refractivity contribution in [3.05, 3.63) is 175 Å². The second-order valence-electron chi connectivity index (χ2n) is 10.2. The molecule has 0 unspecified atom stereocenters. The van der Waals surface area contributed by atoms with Gasteiger partial charge in [-0.2, -0.15) is 22.7 Å². The minimum atomic E-state index is -0.913. The smallest absolute Gasteiger partial charge is 0.191 e. The van der Waals surface area contributed by atoms with Crippen LogP contribution in [0.15, 0.2) is 164 Å². The molecule has 5 aromatic carbocycles. The molecule has 0 N–H and O–H groups in total. The summed E-state index contributed by atoms with van der Waals surface area (Å²) in [5, 5.41) is 0. The predicted octanol–water partition coefficient (Wildman–Crippen LogP) is 7.08. The first kappa shape index (κ1) is 28.3. The van der Waals surface area contributed by atoms with E-state index in [2.05, 4.69) is 141 Å². The van der Waals surface area contributed by atoms with Gasteiger partial charge in [0.1, 0.15) is 0 Å². The molecule has 0 fully saturated rings. The Morgan fingerprint density at radius 2 is 0.872 bits per heavy atom. The second kappa shape index (κ2) is 13.9. The Morgan fingerprint density at radius 1 is 0.564 bits per heavy atom. The lowest BCUT2D eigenvalue weighted by Gasteiger charge is -2.43. The highest BCUT2D eigenvalue weighted by atomic mass is 32.1. The van der Waals surface area contributed by atoms with Crippen LogP contribution in [0, 0.1) is 0 Å². The molecule has 39 heavy (non-hydrogen) atoms. The largest absolute Gasteiger partial charge is 0.200 e. The molecule has 0 aliphatic heterocycles. The van der Waals surface area contributed by atoms with Crippen molar-refractivity contribution in [1.29, 1.82) is 0 Å². The van der Waals surface area contributed by atoms with Crippen molar-refractivity contribution in [1.82, 2.24) is 0 Å². The average molecular weight is 527 g/mol. The van der Waals surface area contributed by atoms with Crippen LogP contribution >= 0.6 is 0 Å². The van der Waals surface area contributed by atoms with E-state index in [4.69, 9.17) is 0 Å². The van der Waals surface area contributed by atoms with E-state index in [1.165, 1.54) is 46.7 Å². The molecule has 0 nitrogen and oxygen atoms in total. The lowest BCUT2D eigenvalue weighted by atomic mass is 9.14. The van der Waals surface area contributed by atoms with Gasteiger partial charge < -0.3 is 0 Å². The van der Waals surface area contributed by atoms with Crippen LogP contribution in [0.3, 0.4) is 0 Å². The summed E-state index contributed by atoms with van der Waals surface area (Å²) in [6, 6.07) is 53.7. The SMILES string of the molecule is C=CC([SH2+])(c1ccccc1)c1ccccc1.CCCC[B-](c1ccccc1)(c1ccccc1)c1ccccc1. The third kappa shape index (κ3) is 6.46. The van der Waals surface area contributed by atoms with Gasteiger partial charge in [0.25, 0.3) is 0 Å². The molecule has 0 saturated heterocycles. The summed E-state index contributed by atoms with van der Waals surface area (Å²) in [5.74, 6) is 0. The van der Waals surface area contributed by atoms with Crippen molar-refractivity contribution in [3.8, 4) is 0 Å². The first-order valence-electron chi connectivity index (χ1n) is 14.0. The molecule has 0 aromatic heterocycles. The van der Waals surface area contributed by atoms with Crippen LogP contribution in [0.4, 0.5) is 0 Å². The summed E-state index contributed by atoms with van der Waals surface area (Å²) in [4.78, 5) is 0. The molecule has 0 aliphatic carbocycles. The summed E-state index contributed by atoms with van der Waals surface area (Å²) in [7, 11) is 0. The highest BCUT2D eigenvalue weighted by molar-refractivity contribution is 7.60. The number of hydrogen-bond donors (Lipinski definition) is 0. The van der Waals surface area contributed by atoms with Crippen molar-refractivity contribution in [2.45, 2.75) is 30.8 Å². The fourth-order valence-electron chi connectivity index (χ4n) is 5.74. The Bertz CT molecular complexity index is 1250.